The predicted molar refractivity (Wildman–Crippen MR) is 91.0 cm³/mol. The number of rotatable bonds is 4. The molecule has 0 aliphatic heterocycles. The minimum atomic E-state index is -3.97. The molecule has 1 aliphatic rings. The number of ether oxygens (including phenoxy) is 1. The number of esters is 1. The molecule has 0 aromatic carbocycles. The minimum absolute atomic E-state index is 0.452. The molecule has 2 unspecified atom stereocenters. The summed E-state index contributed by atoms with van der Waals surface area (Å²) >= 11 is 0. The van der Waals surface area contributed by atoms with Gasteiger partial charge in [-0.15, -0.1) is 0 Å². The molecule has 7 heteroatoms. The van der Waals surface area contributed by atoms with Gasteiger partial charge >= 0.3 is 11.9 Å². The molecule has 1 saturated carbocycles. The van der Waals surface area contributed by atoms with Crippen molar-refractivity contribution in [3.8, 4) is 0 Å². The molecular formula is C17H28O6S. The summed E-state index contributed by atoms with van der Waals surface area (Å²) in [7, 11) is -3.97. The van der Waals surface area contributed by atoms with E-state index in [0.29, 0.717) is 0 Å². The number of aliphatic carboxylic acids is 1. The van der Waals surface area contributed by atoms with Gasteiger partial charge in [0.2, 0.25) is 0 Å². The third kappa shape index (κ3) is 3.99. The Morgan fingerprint density at radius 3 is 1.83 bits per heavy atom. The standard InChI is InChI=1S/C17H28O6S/c1-15(2,3)23-14(20)11(24(21,22)16(4,5)6)9-10-12(13(18)19)17(10,7)8/h9-10,12H,1-8H3,(H,18,19)/b11-9+. The molecule has 0 amide bonds. The highest BCUT2D eigenvalue weighted by Crippen LogP contribution is 2.59. The highest BCUT2D eigenvalue weighted by atomic mass is 32.2. The second-order valence-electron chi connectivity index (χ2n) is 8.81. The maximum Gasteiger partial charge on any atom is 0.349 e. The first kappa shape index (κ1) is 20.7. The van der Waals surface area contributed by atoms with Gasteiger partial charge in [0, 0.05) is 0 Å². The second-order valence-corrected chi connectivity index (χ2v) is 11.5. The zero-order chi connectivity index (χ0) is 19.3. The predicted octanol–water partition coefficient (Wildman–Crippen LogP) is 2.78. The fourth-order valence-electron chi connectivity index (χ4n) is 2.55. The van der Waals surface area contributed by atoms with Gasteiger partial charge in [0.15, 0.2) is 9.84 Å². The van der Waals surface area contributed by atoms with Crippen LogP contribution in [-0.4, -0.2) is 35.8 Å². The fourth-order valence-corrected chi connectivity index (χ4v) is 3.80. The van der Waals surface area contributed by atoms with Gasteiger partial charge in [0.05, 0.1) is 10.7 Å². The quantitative estimate of drug-likeness (QED) is 0.611. The topological polar surface area (TPSA) is 97.7 Å². The number of hydrogen-bond acceptors (Lipinski definition) is 5. The van der Waals surface area contributed by atoms with Crippen LogP contribution in [0.5, 0.6) is 0 Å². The van der Waals surface area contributed by atoms with Gasteiger partial charge in [-0.25, -0.2) is 13.2 Å². The van der Waals surface area contributed by atoms with Crippen molar-refractivity contribution >= 4 is 21.8 Å². The molecule has 0 saturated heterocycles. The average Bonchev–Trinajstić information content (AvgIpc) is 2.83. The Balaban J connectivity index is 3.40. The van der Waals surface area contributed by atoms with Crippen LogP contribution in [0.2, 0.25) is 0 Å². The molecule has 2 atom stereocenters. The minimum Gasteiger partial charge on any atom is -0.481 e. The molecule has 0 aromatic heterocycles. The van der Waals surface area contributed by atoms with E-state index in [1.807, 2.05) is 0 Å². The Morgan fingerprint density at radius 1 is 1.08 bits per heavy atom. The lowest BCUT2D eigenvalue weighted by Gasteiger charge is -2.24. The maximum absolute atomic E-state index is 12.8. The summed E-state index contributed by atoms with van der Waals surface area (Å²) in [6.45, 7) is 12.9. The highest BCUT2D eigenvalue weighted by molar-refractivity contribution is 7.97. The van der Waals surface area contributed by atoms with Crippen LogP contribution in [0.1, 0.15) is 55.4 Å². The zero-order valence-electron chi connectivity index (χ0n) is 15.6. The molecule has 1 fully saturated rings. The van der Waals surface area contributed by atoms with E-state index in [4.69, 9.17) is 4.74 Å². The van der Waals surface area contributed by atoms with E-state index >= 15 is 0 Å². The molecule has 0 radical (unpaired) electrons. The molecule has 6 nitrogen and oxygen atoms in total. The van der Waals surface area contributed by atoms with Crippen LogP contribution in [0.4, 0.5) is 0 Å². The van der Waals surface area contributed by atoms with Crippen molar-refractivity contribution in [2.45, 2.75) is 65.7 Å². The Labute approximate surface area is 144 Å². The van der Waals surface area contributed by atoms with Crippen LogP contribution >= 0.6 is 0 Å². The Kier molecular flexibility index (Phi) is 5.05. The number of carbonyl (C=O) groups excluding carboxylic acids is 1. The Hall–Kier alpha value is -1.37. The summed E-state index contributed by atoms with van der Waals surface area (Å²) in [4.78, 5) is 23.4. The molecule has 0 heterocycles. The van der Waals surface area contributed by atoms with Crippen LogP contribution in [-0.2, 0) is 24.2 Å². The van der Waals surface area contributed by atoms with Crippen molar-refractivity contribution in [1.82, 2.24) is 0 Å². The Morgan fingerprint density at radius 2 is 1.54 bits per heavy atom. The van der Waals surface area contributed by atoms with E-state index in [9.17, 15) is 23.1 Å². The molecular weight excluding hydrogens is 332 g/mol. The first-order valence-corrected chi connectivity index (χ1v) is 9.34. The molecule has 0 aromatic rings. The lowest BCUT2D eigenvalue weighted by Crippen LogP contribution is -2.35. The summed E-state index contributed by atoms with van der Waals surface area (Å²) < 4.78 is 29.7. The smallest absolute Gasteiger partial charge is 0.349 e. The third-order valence-corrected chi connectivity index (χ3v) is 6.70. The van der Waals surface area contributed by atoms with Crippen molar-refractivity contribution in [3.63, 3.8) is 0 Å². The normalized spacial score (nSPS) is 24.4. The lowest BCUT2D eigenvalue weighted by molar-refractivity contribution is -0.149. The van der Waals surface area contributed by atoms with Crippen LogP contribution in [0, 0.1) is 17.3 Å². The van der Waals surface area contributed by atoms with Gasteiger partial charge in [-0.1, -0.05) is 19.9 Å². The van der Waals surface area contributed by atoms with Crippen LogP contribution in [0.25, 0.3) is 0 Å². The van der Waals surface area contributed by atoms with Crippen molar-refractivity contribution in [2.75, 3.05) is 0 Å². The first-order chi connectivity index (χ1) is 10.4. The molecule has 24 heavy (non-hydrogen) atoms. The van der Waals surface area contributed by atoms with Crippen LogP contribution < -0.4 is 0 Å². The van der Waals surface area contributed by atoms with E-state index in [-0.39, 0.29) is 0 Å². The molecule has 0 bridgehead atoms. The van der Waals surface area contributed by atoms with Crippen molar-refractivity contribution in [3.05, 3.63) is 11.0 Å². The number of allylic oxidation sites excluding steroid dienone is 1. The van der Waals surface area contributed by atoms with Crippen molar-refractivity contribution in [1.29, 1.82) is 0 Å². The van der Waals surface area contributed by atoms with Crippen molar-refractivity contribution in [2.24, 2.45) is 17.3 Å². The van der Waals surface area contributed by atoms with E-state index in [0.717, 1.165) is 0 Å². The molecule has 1 aliphatic carbocycles. The van der Waals surface area contributed by atoms with Gasteiger partial charge in [0.1, 0.15) is 10.5 Å². The monoisotopic (exact) mass is 360 g/mol. The number of carbonyl (C=O) groups is 2. The lowest BCUT2D eigenvalue weighted by atomic mass is 10.1. The average molecular weight is 360 g/mol. The fraction of sp³-hybridized carbons (Fsp3) is 0.765. The van der Waals surface area contributed by atoms with E-state index in [2.05, 4.69) is 0 Å². The SMILES string of the molecule is CC(C)(C)OC(=O)/C(=C\C1C(C(=O)O)C1(C)C)S(=O)(=O)C(C)(C)C. The van der Waals surface area contributed by atoms with Gasteiger partial charge < -0.3 is 9.84 Å². The van der Waals surface area contributed by atoms with E-state index < -0.39 is 54.3 Å². The van der Waals surface area contributed by atoms with Gasteiger partial charge in [0.25, 0.3) is 0 Å². The third-order valence-electron chi connectivity index (χ3n) is 4.20. The van der Waals surface area contributed by atoms with E-state index in [1.165, 1.54) is 26.8 Å². The van der Waals surface area contributed by atoms with E-state index in [1.54, 1.807) is 34.6 Å². The summed E-state index contributed by atoms with van der Waals surface area (Å²) in [5.41, 5.74) is -1.46. The molecule has 0 spiro atoms. The van der Waals surface area contributed by atoms with Crippen LogP contribution in [0.3, 0.4) is 0 Å². The first-order valence-electron chi connectivity index (χ1n) is 7.85. The summed E-state index contributed by atoms with van der Waals surface area (Å²) in [5, 5.41) is 9.27. The maximum atomic E-state index is 12.8. The van der Waals surface area contributed by atoms with Crippen molar-refractivity contribution < 1.29 is 27.9 Å². The molecule has 1 N–H and O–H groups in total. The number of carboxylic acid groups (broad SMARTS) is 1. The number of carboxylic acids is 1. The largest absolute Gasteiger partial charge is 0.481 e. The summed E-state index contributed by atoms with van der Waals surface area (Å²) in [6.07, 6.45) is 1.27. The summed E-state index contributed by atoms with van der Waals surface area (Å²) in [6, 6.07) is 0. The summed E-state index contributed by atoms with van der Waals surface area (Å²) in [5.74, 6) is -3.19. The van der Waals surface area contributed by atoms with Gasteiger partial charge in [-0.05, 0) is 52.9 Å². The molecule has 1 rings (SSSR count). The van der Waals surface area contributed by atoms with Crippen LogP contribution in [0.15, 0.2) is 11.0 Å². The van der Waals surface area contributed by atoms with Gasteiger partial charge in [-0.2, -0.15) is 0 Å². The number of hydrogen-bond donors (Lipinski definition) is 1. The Bertz CT molecular complexity index is 671. The molecule has 138 valence electrons. The highest BCUT2D eigenvalue weighted by Gasteiger charge is 2.61. The zero-order valence-corrected chi connectivity index (χ0v) is 16.4. The second kappa shape index (κ2) is 5.86. The number of sulfone groups is 1. The van der Waals surface area contributed by atoms with Gasteiger partial charge in [-0.3, -0.25) is 4.79 Å².